The Morgan fingerprint density at radius 1 is 1.05 bits per heavy atom. The van der Waals surface area contributed by atoms with Crippen LogP contribution < -0.4 is 16.0 Å². The van der Waals surface area contributed by atoms with Crippen LogP contribution in [0.4, 0.5) is 0 Å². The van der Waals surface area contributed by atoms with Crippen LogP contribution in [0, 0.1) is 0 Å². The molecule has 0 saturated carbocycles. The zero-order valence-corrected chi connectivity index (χ0v) is 14.5. The summed E-state index contributed by atoms with van der Waals surface area (Å²) in [7, 11) is 1.71. The third-order valence-corrected chi connectivity index (χ3v) is 3.20. The monoisotopic (exact) mass is 299 g/mol. The smallest absolute Gasteiger partial charge is 0.239 e. The maximum atomic E-state index is 11.5. The number of hydrogen-bond acceptors (Lipinski definition) is 3. The summed E-state index contributed by atoms with van der Waals surface area (Å²) < 4.78 is 0. The number of carbonyl (C=O) groups is 1. The number of rotatable bonds is 9. The van der Waals surface area contributed by atoms with E-state index in [1.54, 1.807) is 7.05 Å². The third-order valence-electron chi connectivity index (χ3n) is 3.20. The molecule has 0 aliphatic heterocycles. The Labute approximate surface area is 129 Å². The zero-order valence-electron chi connectivity index (χ0n) is 14.5. The van der Waals surface area contributed by atoms with Gasteiger partial charge in [-0.15, -0.1) is 0 Å². The Morgan fingerprint density at radius 3 is 2.14 bits per heavy atom. The van der Waals surface area contributed by atoms with Crippen molar-refractivity contribution < 1.29 is 4.79 Å². The van der Waals surface area contributed by atoms with Gasteiger partial charge in [-0.25, -0.2) is 0 Å². The summed E-state index contributed by atoms with van der Waals surface area (Å²) in [4.78, 5) is 18.1. The molecule has 0 rings (SSSR count). The van der Waals surface area contributed by atoms with Gasteiger partial charge >= 0.3 is 0 Å². The van der Waals surface area contributed by atoms with Gasteiger partial charge in [-0.3, -0.25) is 14.7 Å². The molecule has 124 valence electrons. The van der Waals surface area contributed by atoms with Crippen molar-refractivity contribution in [3.63, 3.8) is 0 Å². The summed E-state index contributed by atoms with van der Waals surface area (Å²) in [6.07, 6.45) is 0.943. The van der Waals surface area contributed by atoms with Gasteiger partial charge in [0.2, 0.25) is 5.91 Å². The van der Waals surface area contributed by atoms with E-state index in [1.165, 1.54) is 0 Å². The molecular formula is C15H33N5O. The van der Waals surface area contributed by atoms with Crippen LogP contribution in [0.2, 0.25) is 0 Å². The standard InChI is InChI=1S/C15H33N5O/c1-7-8-17-14(21)11-19-15(16-6)18-9-10-20(12(2)3)13(4)5/h12-13H,7-11H2,1-6H3,(H,17,21)(H2,16,18,19). The lowest BCUT2D eigenvalue weighted by Gasteiger charge is -2.30. The highest BCUT2D eigenvalue weighted by Crippen LogP contribution is 2.03. The molecule has 1 amide bonds. The van der Waals surface area contributed by atoms with E-state index in [0.29, 0.717) is 24.6 Å². The van der Waals surface area contributed by atoms with E-state index < -0.39 is 0 Å². The van der Waals surface area contributed by atoms with Crippen molar-refractivity contribution in [1.29, 1.82) is 0 Å². The molecule has 0 aliphatic rings. The second-order valence-corrected chi connectivity index (χ2v) is 5.63. The van der Waals surface area contributed by atoms with E-state index in [1.807, 2.05) is 6.92 Å². The summed E-state index contributed by atoms with van der Waals surface area (Å²) in [5.74, 6) is 0.653. The molecule has 6 heteroatoms. The van der Waals surface area contributed by atoms with Crippen LogP contribution in [0.5, 0.6) is 0 Å². The van der Waals surface area contributed by atoms with E-state index in [-0.39, 0.29) is 12.5 Å². The highest BCUT2D eigenvalue weighted by molar-refractivity contribution is 5.86. The van der Waals surface area contributed by atoms with Gasteiger partial charge in [0.25, 0.3) is 0 Å². The number of amides is 1. The van der Waals surface area contributed by atoms with Gasteiger partial charge in [0.1, 0.15) is 0 Å². The van der Waals surface area contributed by atoms with Crippen LogP contribution in [0.15, 0.2) is 4.99 Å². The molecule has 0 heterocycles. The van der Waals surface area contributed by atoms with Crippen LogP contribution >= 0.6 is 0 Å². The fourth-order valence-electron chi connectivity index (χ4n) is 2.13. The van der Waals surface area contributed by atoms with Crippen LogP contribution in [0.3, 0.4) is 0 Å². The van der Waals surface area contributed by atoms with Crippen molar-refractivity contribution in [2.45, 2.75) is 53.1 Å². The maximum absolute atomic E-state index is 11.5. The molecule has 6 nitrogen and oxygen atoms in total. The van der Waals surface area contributed by atoms with Crippen molar-refractivity contribution in [2.24, 2.45) is 4.99 Å². The lowest BCUT2D eigenvalue weighted by molar-refractivity contribution is -0.120. The number of nitrogens with zero attached hydrogens (tertiary/aromatic N) is 2. The Hall–Kier alpha value is -1.30. The minimum atomic E-state index is -0.00853. The van der Waals surface area contributed by atoms with E-state index in [4.69, 9.17) is 0 Å². The lowest BCUT2D eigenvalue weighted by Crippen LogP contribution is -2.47. The molecule has 0 bridgehead atoms. The second kappa shape index (κ2) is 11.4. The topological polar surface area (TPSA) is 68.8 Å². The molecule has 0 aromatic carbocycles. The highest BCUT2D eigenvalue weighted by atomic mass is 16.1. The fraction of sp³-hybridized carbons (Fsp3) is 0.867. The molecule has 0 fully saturated rings. The fourth-order valence-corrected chi connectivity index (χ4v) is 2.13. The molecule has 0 aliphatic carbocycles. The van der Waals surface area contributed by atoms with Crippen LogP contribution in [0.25, 0.3) is 0 Å². The minimum absolute atomic E-state index is 0.00853. The number of guanidine groups is 1. The Morgan fingerprint density at radius 2 is 1.67 bits per heavy atom. The zero-order chi connectivity index (χ0) is 16.3. The average molecular weight is 299 g/mol. The molecule has 21 heavy (non-hydrogen) atoms. The van der Waals surface area contributed by atoms with Gasteiger partial charge in [-0.1, -0.05) is 6.92 Å². The molecule has 0 aromatic heterocycles. The van der Waals surface area contributed by atoms with Gasteiger partial charge in [-0.2, -0.15) is 0 Å². The SMILES string of the molecule is CCCNC(=O)CNC(=NC)NCCN(C(C)C)C(C)C. The largest absolute Gasteiger partial charge is 0.355 e. The van der Waals surface area contributed by atoms with Crippen molar-refractivity contribution >= 4 is 11.9 Å². The van der Waals surface area contributed by atoms with E-state index in [9.17, 15) is 4.79 Å². The first kappa shape index (κ1) is 19.7. The first-order chi connectivity index (χ1) is 9.92. The first-order valence-corrected chi connectivity index (χ1v) is 7.89. The summed E-state index contributed by atoms with van der Waals surface area (Å²) in [5, 5.41) is 9.08. The molecule has 0 saturated heterocycles. The van der Waals surface area contributed by atoms with Crippen molar-refractivity contribution in [3.8, 4) is 0 Å². The number of carbonyl (C=O) groups excluding carboxylic acids is 1. The Kier molecular flexibility index (Phi) is 10.7. The Bertz CT molecular complexity index is 307. The second-order valence-electron chi connectivity index (χ2n) is 5.63. The number of hydrogen-bond donors (Lipinski definition) is 3. The molecule has 0 radical (unpaired) electrons. The lowest BCUT2D eigenvalue weighted by atomic mass is 10.2. The first-order valence-electron chi connectivity index (χ1n) is 7.89. The maximum Gasteiger partial charge on any atom is 0.239 e. The van der Waals surface area contributed by atoms with Crippen molar-refractivity contribution in [1.82, 2.24) is 20.9 Å². The quantitative estimate of drug-likeness (QED) is 0.435. The van der Waals surface area contributed by atoms with E-state index in [0.717, 1.165) is 19.5 Å². The summed E-state index contributed by atoms with van der Waals surface area (Å²) >= 11 is 0. The van der Waals surface area contributed by atoms with Crippen LogP contribution in [-0.4, -0.2) is 62.1 Å². The highest BCUT2D eigenvalue weighted by Gasteiger charge is 2.12. The van der Waals surface area contributed by atoms with E-state index in [2.05, 4.69) is 53.5 Å². The van der Waals surface area contributed by atoms with E-state index >= 15 is 0 Å². The van der Waals surface area contributed by atoms with Crippen molar-refractivity contribution in [3.05, 3.63) is 0 Å². The molecule has 3 N–H and O–H groups in total. The Balaban J connectivity index is 4.03. The molecule has 0 unspecified atom stereocenters. The van der Waals surface area contributed by atoms with Crippen LogP contribution in [-0.2, 0) is 4.79 Å². The molecule has 0 aromatic rings. The summed E-state index contributed by atoms with van der Waals surface area (Å²) in [5.41, 5.74) is 0. The predicted molar refractivity (Wildman–Crippen MR) is 89.6 cm³/mol. The van der Waals surface area contributed by atoms with Crippen molar-refractivity contribution in [2.75, 3.05) is 33.2 Å². The molecule has 0 atom stereocenters. The third kappa shape index (κ3) is 9.28. The number of aliphatic imine (C=N–C) groups is 1. The minimum Gasteiger partial charge on any atom is -0.355 e. The molecule has 0 spiro atoms. The van der Waals surface area contributed by atoms with Gasteiger partial charge in [0, 0.05) is 38.8 Å². The normalized spacial score (nSPS) is 12.1. The summed E-state index contributed by atoms with van der Waals surface area (Å²) in [6.45, 7) is 13.5. The molecular weight excluding hydrogens is 266 g/mol. The van der Waals surface area contributed by atoms with Gasteiger partial charge in [-0.05, 0) is 34.1 Å². The van der Waals surface area contributed by atoms with Gasteiger partial charge in [0.05, 0.1) is 6.54 Å². The summed E-state index contributed by atoms with van der Waals surface area (Å²) in [6, 6.07) is 1.03. The average Bonchev–Trinajstić information content (AvgIpc) is 2.43. The predicted octanol–water partition coefficient (Wildman–Crippen LogP) is 0.796. The van der Waals surface area contributed by atoms with Crippen LogP contribution in [0.1, 0.15) is 41.0 Å². The number of nitrogens with one attached hydrogen (secondary N) is 3. The van der Waals surface area contributed by atoms with Gasteiger partial charge < -0.3 is 16.0 Å². The van der Waals surface area contributed by atoms with Gasteiger partial charge in [0.15, 0.2) is 5.96 Å².